The number of aromatic nitrogens is 4. The van der Waals surface area contributed by atoms with Gasteiger partial charge in [-0.25, -0.2) is 9.50 Å². The Hall–Kier alpha value is -2.02. The highest BCUT2D eigenvalue weighted by Gasteiger charge is 2.18. The van der Waals surface area contributed by atoms with Crippen molar-refractivity contribution in [1.29, 1.82) is 0 Å². The van der Waals surface area contributed by atoms with Crippen molar-refractivity contribution in [2.75, 3.05) is 19.8 Å². The molecule has 112 valence electrons. The second kappa shape index (κ2) is 5.77. The monoisotopic (exact) mass is 289 g/mol. The molecule has 3 rings (SSSR count). The molecule has 1 atom stereocenters. The number of ether oxygens (including phenoxy) is 1. The number of carbonyl (C=O) groups excluding carboxylic acids is 1. The second-order valence-electron chi connectivity index (χ2n) is 5.48. The first kappa shape index (κ1) is 13.9. The van der Waals surface area contributed by atoms with Gasteiger partial charge in [0.2, 0.25) is 5.82 Å². The number of amides is 1. The van der Waals surface area contributed by atoms with Crippen molar-refractivity contribution in [2.45, 2.75) is 26.7 Å². The smallest absolute Gasteiger partial charge is 0.291 e. The van der Waals surface area contributed by atoms with E-state index in [1.807, 2.05) is 19.9 Å². The zero-order valence-corrected chi connectivity index (χ0v) is 12.3. The van der Waals surface area contributed by atoms with E-state index in [1.165, 1.54) is 0 Å². The first-order chi connectivity index (χ1) is 10.1. The molecule has 0 aromatic carbocycles. The number of aryl methyl sites for hydroxylation is 2. The van der Waals surface area contributed by atoms with Crippen LogP contribution < -0.4 is 5.32 Å². The molecule has 1 N–H and O–H groups in total. The highest BCUT2D eigenvalue weighted by molar-refractivity contribution is 5.90. The lowest BCUT2D eigenvalue weighted by Crippen LogP contribution is -2.33. The van der Waals surface area contributed by atoms with Crippen LogP contribution >= 0.6 is 0 Å². The second-order valence-corrected chi connectivity index (χ2v) is 5.48. The summed E-state index contributed by atoms with van der Waals surface area (Å²) in [6.45, 7) is 5.93. The summed E-state index contributed by atoms with van der Waals surface area (Å²) in [5.74, 6) is 0.733. The van der Waals surface area contributed by atoms with Gasteiger partial charge < -0.3 is 10.1 Å². The lowest BCUT2D eigenvalue weighted by Gasteiger charge is -2.21. The van der Waals surface area contributed by atoms with Gasteiger partial charge in [-0.1, -0.05) is 0 Å². The minimum Gasteiger partial charge on any atom is -0.381 e. The Morgan fingerprint density at radius 2 is 2.33 bits per heavy atom. The van der Waals surface area contributed by atoms with E-state index < -0.39 is 0 Å². The lowest BCUT2D eigenvalue weighted by molar-refractivity contribution is 0.0535. The summed E-state index contributed by atoms with van der Waals surface area (Å²) >= 11 is 0. The molecule has 1 amide bonds. The third-order valence-electron chi connectivity index (χ3n) is 3.63. The number of hydrogen-bond acceptors (Lipinski definition) is 5. The number of hydrogen-bond donors (Lipinski definition) is 1. The van der Waals surface area contributed by atoms with Gasteiger partial charge in [0.15, 0.2) is 0 Å². The van der Waals surface area contributed by atoms with Gasteiger partial charge in [-0.15, -0.1) is 5.10 Å². The van der Waals surface area contributed by atoms with Crippen LogP contribution in [0, 0.1) is 19.8 Å². The fraction of sp³-hybridized carbons (Fsp3) is 0.571. The molecule has 2 aromatic heterocycles. The lowest BCUT2D eigenvalue weighted by atomic mass is 10.0. The highest BCUT2D eigenvalue weighted by atomic mass is 16.5. The summed E-state index contributed by atoms with van der Waals surface area (Å²) in [6, 6.07) is 1.91. The average molecular weight is 289 g/mol. The van der Waals surface area contributed by atoms with Gasteiger partial charge in [0.05, 0.1) is 6.61 Å². The Bertz CT molecular complexity index is 661. The first-order valence-corrected chi connectivity index (χ1v) is 7.20. The van der Waals surface area contributed by atoms with Crippen molar-refractivity contribution in [3.63, 3.8) is 0 Å². The molecule has 2 aromatic rings. The molecule has 21 heavy (non-hydrogen) atoms. The van der Waals surface area contributed by atoms with Gasteiger partial charge in [-0.05, 0) is 38.7 Å². The number of carbonyl (C=O) groups is 1. The molecule has 0 aliphatic carbocycles. The van der Waals surface area contributed by atoms with Gasteiger partial charge in [0.1, 0.15) is 0 Å². The number of fused-ring (bicyclic) bond motifs is 1. The van der Waals surface area contributed by atoms with Gasteiger partial charge >= 0.3 is 0 Å². The van der Waals surface area contributed by atoms with Crippen molar-refractivity contribution in [3.05, 3.63) is 23.3 Å². The molecular weight excluding hydrogens is 270 g/mol. The maximum Gasteiger partial charge on any atom is 0.291 e. The normalized spacial score (nSPS) is 18.9. The molecule has 0 radical (unpaired) electrons. The molecule has 1 aliphatic rings. The minimum absolute atomic E-state index is 0.160. The molecule has 1 fully saturated rings. The third kappa shape index (κ3) is 3.02. The summed E-state index contributed by atoms with van der Waals surface area (Å²) in [5, 5.41) is 7.10. The average Bonchev–Trinajstić information content (AvgIpc) is 2.90. The molecule has 0 spiro atoms. The maximum absolute atomic E-state index is 12.1. The summed E-state index contributed by atoms with van der Waals surface area (Å²) in [7, 11) is 0. The Morgan fingerprint density at radius 3 is 3.10 bits per heavy atom. The largest absolute Gasteiger partial charge is 0.381 e. The molecule has 7 nitrogen and oxygen atoms in total. The Morgan fingerprint density at radius 1 is 1.48 bits per heavy atom. The van der Waals surface area contributed by atoms with Crippen molar-refractivity contribution < 1.29 is 9.53 Å². The van der Waals surface area contributed by atoms with Gasteiger partial charge in [0, 0.05) is 24.5 Å². The van der Waals surface area contributed by atoms with Crippen molar-refractivity contribution >= 4 is 11.7 Å². The fourth-order valence-electron chi connectivity index (χ4n) is 2.55. The summed E-state index contributed by atoms with van der Waals surface area (Å²) in [6.07, 6.45) is 2.13. The highest BCUT2D eigenvalue weighted by Crippen LogP contribution is 2.12. The summed E-state index contributed by atoms with van der Waals surface area (Å²) < 4.78 is 6.99. The van der Waals surface area contributed by atoms with E-state index in [4.69, 9.17) is 4.74 Å². The number of nitrogens with zero attached hydrogens (tertiary/aromatic N) is 4. The van der Waals surface area contributed by atoms with E-state index in [0.717, 1.165) is 30.8 Å². The van der Waals surface area contributed by atoms with Crippen LogP contribution in [0.1, 0.15) is 34.8 Å². The molecule has 7 heteroatoms. The van der Waals surface area contributed by atoms with Crippen LogP contribution in [0.25, 0.3) is 5.78 Å². The Balaban J connectivity index is 1.71. The van der Waals surface area contributed by atoms with Crippen LogP contribution in [-0.4, -0.2) is 45.2 Å². The topological polar surface area (TPSA) is 81.4 Å². The molecular formula is C14H19N5O2. The quantitative estimate of drug-likeness (QED) is 0.908. The molecule has 0 unspecified atom stereocenters. The number of nitrogens with one attached hydrogen (secondary N) is 1. The third-order valence-corrected chi connectivity index (χ3v) is 3.63. The van der Waals surface area contributed by atoms with E-state index in [1.54, 1.807) is 4.52 Å². The molecule has 0 saturated carbocycles. The predicted molar refractivity (Wildman–Crippen MR) is 76.1 cm³/mol. The van der Waals surface area contributed by atoms with Crippen LogP contribution in [0.5, 0.6) is 0 Å². The zero-order chi connectivity index (χ0) is 14.8. The maximum atomic E-state index is 12.1. The first-order valence-electron chi connectivity index (χ1n) is 7.20. The fourth-order valence-corrected chi connectivity index (χ4v) is 2.55. The minimum atomic E-state index is -0.261. The van der Waals surface area contributed by atoms with E-state index in [-0.39, 0.29) is 11.7 Å². The zero-order valence-electron chi connectivity index (χ0n) is 12.3. The van der Waals surface area contributed by atoms with Gasteiger partial charge in [0.25, 0.3) is 11.7 Å². The summed E-state index contributed by atoms with van der Waals surface area (Å²) in [5.41, 5.74) is 1.77. The van der Waals surface area contributed by atoms with Gasteiger partial charge in [-0.3, -0.25) is 4.79 Å². The van der Waals surface area contributed by atoms with Crippen molar-refractivity contribution in [3.8, 4) is 0 Å². The molecule has 1 saturated heterocycles. The standard InChI is InChI=1S/C14H19N5O2/c1-9-6-10(2)19-14(16-9)17-12(18-19)13(20)15-7-11-4-3-5-21-8-11/h6,11H,3-5,7-8H2,1-2H3,(H,15,20)/t11-/m1/s1. The molecule has 3 heterocycles. The summed E-state index contributed by atoms with van der Waals surface area (Å²) in [4.78, 5) is 20.6. The molecule has 1 aliphatic heterocycles. The van der Waals surface area contributed by atoms with Crippen LogP contribution in [0.2, 0.25) is 0 Å². The van der Waals surface area contributed by atoms with E-state index in [0.29, 0.717) is 24.8 Å². The van der Waals surface area contributed by atoms with E-state index in [9.17, 15) is 4.79 Å². The van der Waals surface area contributed by atoms with Crippen molar-refractivity contribution in [1.82, 2.24) is 24.9 Å². The Labute approximate surface area is 122 Å². The van der Waals surface area contributed by atoms with Crippen molar-refractivity contribution in [2.24, 2.45) is 5.92 Å². The SMILES string of the molecule is Cc1cc(C)n2nc(C(=O)NC[C@H]3CCCOC3)nc2n1. The Kier molecular flexibility index (Phi) is 3.83. The predicted octanol–water partition coefficient (Wildman–Crippen LogP) is 0.898. The molecule has 0 bridgehead atoms. The van der Waals surface area contributed by atoms with E-state index in [2.05, 4.69) is 20.4 Å². The van der Waals surface area contributed by atoms with Crippen LogP contribution in [0.3, 0.4) is 0 Å². The number of rotatable bonds is 3. The van der Waals surface area contributed by atoms with Crippen LogP contribution in [0.15, 0.2) is 6.07 Å². The van der Waals surface area contributed by atoms with E-state index >= 15 is 0 Å². The van der Waals surface area contributed by atoms with Gasteiger partial charge in [-0.2, -0.15) is 4.98 Å². The van der Waals surface area contributed by atoms with Crippen LogP contribution in [-0.2, 0) is 4.74 Å². The van der Waals surface area contributed by atoms with Crippen LogP contribution in [0.4, 0.5) is 0 Å².